The average Bonchev–Trinajstić information content (AvgIpc) is 3.14. The van der Waals surface area contributed by atoms with Crippen molar-refractivity contribution < 1.29 is 13.2 Å². The molecule has 3 heterocycles. The summed E-state index contributed by atoms with van der Waals surface area (Å²) in [4.78, 5) is 11.4. The molecule has 1 aliphatic heterocycles. The Morgan fingerprint density at radius 3 is 2.32 bits per heavy atom. The van der Waals surface area contributed by atoms with Gasteiger partial charge in [-0.25, -0.2) is 9.97 Å². The Morgan fingerprint density at radius 2 is 1.71 bits per heavy atom. The van der Waals surface area contributed by atoms with Crippen LogP contribution in [0.25, 0.3) is 22.6 Å². The highest BCUT2D eigenvalue weighted by molar-refractivity contribution is 5.67. The van der Waals surface area contributed by atoms with Gasteiger partial charge in [0.1, 0.15) is 5.82 Å². The second-order valence-corrected chi connectivity index (χ2v) is 6.65. The van der Waals surface area contributed by atoms with Crippen molar-refractivity contribution >= 4 is 5.82 Å². The van der Waals surface area contributed by atoms with Gasteiger partial charge in [-0.2, -0.15) is 18.3 Å². The minimum atomic E-state index is -4.36. The Kier molecular flexibility index (Phi) is 4.76. The van der Waals surface area contributed by atoms with Gasteiger partial charge < -0.3 is 10.2 Å². The first-order chi connectivity index (χ1) is 13.4. The highest BCUT2D eigenvalue weighted by Crippen LogP contribution is 2.32. The fourth-order valence-electron chi connectivity index (χ4n) is 3.13. The number of hydrogen-bond donors (Lipinski definition) is 1. The van der Waals surface area contributed by atoms with Crippen LogP contribution in [0.1, 0.15) is 5.56 Å². The predicted octanol–water partition coefficient (Wildman–Crippen LogP) is 2.97. The topological polar surface area (TPSA) is 58.9 Å². The second-order valence-electron chi connectivity index (χ2n) is 6.65. The molecule has 28 heavy (non-hydrogen) atoms. The van der Waals surface area contributed by atoms with Crippen LogP contribution in [0.2, 0.25) is 0 Å². The summed E-state index contributed by atoms with van der Waals surface area (Å²) < 4.78 is 40.3. The van der Waals surface area contributed by atoms with E-state index in [1.54, 1.807) is 17.9 Å². The highest BCUT2D eigenvalue weighted by atomic mass is 19.4. The maximum atomic E-state index is 12.9. The van der Waals surface area contributed by atoms with Gasteiger partial charge in [-0.05, 0) is 12.1 Å². The molecule has 3 aromatic rings. The maximum Gasteiger partial charge on any atom is 0.416 e. The van der Waals surface area contributed by atoms with Gasteiger partial charge in [0.25, 0.3) is 0 Å². The summed E-state index contributed by atoms with van der Waals surface area (Å²) in [5.41, 5.74) is 1.26. The summed E-state index contributed by atoms with van der Waals surface area (Å²) in [6.45, 7) is 3.30. The van der Waals surface area contributed by atoms with Gasteiger partial charge in [0, 0.05) is 51.1 Å². The van der Waals surface area contributed by atoms with Gasteiger partial charge in [0.2, 0.25) is 0 Å². The van der Waals surface area contributed by atoms with Crippen LogP contribution in [0.15, 0.2) is 42.7 Å². The van der Waals surface area contributed by atoms with Gasteiger partial charge in [-0.1, -0.05) is 12.1 Å². The lowest BCUT2D eigenvalue weighted by Crippen LogP contribution is -2.44. The maximum absolute atomic E-state index is 12.9. The number of anilines is 1. The Bertz CT molecular complexity index is 959. The zero-order valence-electron chi connectivity index (χ0n) is 15.2. The van der Waals surface area contributed by atoms with Crippen LogP contribution in [0.3, 0.4) is 0 Å². The lowest BCUT2D eigenvalue weighted by Gasteiger charge is -2.28. The molecule has 0 atom stereocenters. The van der Waals surface area contributed by atoms with Crippen molar-refractivity contribution in [1.82, 2.24) is 25.1 Å². The average molecular weight is 388 g/mol. The normalized spacial score (nSPS) is 15.1. The Morgan fingerprint density at radius 1 is 1.00 bits per heavy atom. The fourth-order valence-corrected chi connectivity index (χ4v) is 3.13. The smallest absolute Gasteiger partial charge is 0.354 e. The van der Waals surface area contributed by atoms with Gasteiger partial charge in [-0.15, -0.1) is 0 Å². The molecule has 146 valence electrons. The Balaban J connectivity index is 1.77. The Labute approximate surface area is 160 Å². The molecule has 0 saturated carbocycles. The van der Waals surface area contributed by atoms with Crippen LogP contribution >= 0.6 is 0 Å². The molecule has 0 unspecified atom stereocenters. The summed E-state index contributed by atoms with van der Waals surface area (Å²) in [6, 6.07) is 6.87. The van der Waals surface area contributed by atoms with Crippen molar-refractivity contribution in [3.63, 3.8) is 0 Å². The number of alkyl halides is 3. The van der Waals surface area contributed by atoms with Gasteiger partial charge >= 0.3 is 6.18 Å². The molecule has 0 aliphatic carbocycles. The van der Waals surface area contributed by atoms with Crippen LogP contribution in [-0.2, 0) is 13.2 Å². The third kappa shape index (κ3) is 3.84. The number of halogens is 3. The van der Waals surface area contributed by atoms with Crippen LogP contribution in [-0.4, -0.2) is 45.9 Å². The largest absolute Gasteiger partial charge is 0.416 e. The van der Waals surface area contributed by atoms with Crippen molar-refractivity contribution in [2.24, 2.45) is 7.05 Å². The number of nitrogens with one attached hydrogen (secondary N) is 1. The molecular weight excluding hydrogens is 369 g/mol. The molecule has 1 saturated heterocycles. The summed E-state index contributed by atoms with van der Waals surface area (Å²) in [5.74, 6) is 1.25. The van der Waals surface area contributed by atoms with E-state index in [4.69, 9.17) is 0 Å². The van der Waals surface area contributed by atoms with E-state index in [-0.39, 0.29) is 0 Å². The third-order valence-corrected chi connectivity index (χ3v) is 4.62. The van der Waals surface area contributed by atoms with Gasteiger partial charge in [0.05, 0.1) is 23.0 Å². The first-order valence-corrected chi connectivity index (χ1v) is 8.91. The van der Waals surface area contributed by atoms with E-state index in [0.29, 0.717) is 17.1 Å². The predicted molar refractivity (Wildman–Crippen MR) is 99.8 cm³/mol. The van der Waals surface area contributed by atoms with E-state index in [9.17, 15) is 13.2 Å². The zero-order valence-corrected chi connectivity index (χ0v) is 15.2. The van der Waals surface area contributed by atoms with Crippen LogP contribution in [0, 0.1) is 0 Å². The fraction of sp³-hybridized carbons (Fsp3) is 0.316. The molecule has 0 spiro atoms. The summed E-state index contributed by atoms with van der Waals surface area (Å²) in [7, 11) is 1.81. The van der Waals surface area contributed by atoms with E-state index < -0.39 is 11.7 Å². The molecular formula is C19H19F3N6. The van der Waals surface area contributed by atoms with Gasteiger partial charge in [0.15, 0.2) is 5.82 Å². The first-order valence-electron chi connectivity index (χ1n) is 8.91. The van der Waals surface area contributed by atoms with E-state index in [2.05, 4.69) is 25.3 Å². The molecule has 0 amide bonds. The zero-order chi connectivity index (χ0) is 19.7. The number of piperazine rings is 1. The van der Waals surface area contributed by atoms with E-state index in [1.165, 1.54) is 12.1 Å². The number of hydrogen-bond acceptors (Lipinski definition) is 5. The molecule has 1 fully saturated rings. The molecule has 1 N–H and O–H groups in total. The molecule has 1 aromatic carbocycles. The number of rotatable bonds is 3. The Hall–Kier alpha value is -2.94. The summed E-state index contributed by atoms with van der Waals surface area (Å²) in [5, 5.41) is 7.46. The molecule has 9 heteroatoms. The third-order valence-electron chi connectivity index (χ3n) is 4.62. The van der Waals surface area contributed by atoms with Crippen molar-refractivity contribution in [2.75, 3.05) is 31.1 Å². The van der Waals surface area contributed by atoms with Crippen LogP contribution < -0.4 is 10.2 Å². The number of nitrogens with zero attached hydrogens (tertiary/aromatic N) is 5. The quantitative estimate of drug-likeness (QED) is 0.748. The van der Waals surface area contributed by atoms with Crippen LogP contribution in [0.4, 0.5) is 19.0 Å². The van der Waals surface area contributed by atoms with E-state index in [0.717, 1.165) is 49.7 Å². The highest BCUT2D eigenvalue weighted by Gasteiger charge is 2.30. The SMILES string of the molecule is Cn1cc(-c2nc(-c3ccc(C(F)(F)F)cc3)cc(N3CCNCC3)n2)cn1. The lowest BCUT2D eigenvalue weighted by molar-refractivity contribution is -0.137. The van der Waals surface area contributed by atoms with Crippen molar-refractivity contribution in [3.05, 3.63) is 48.3 Å². The molecule has 0 bridgehead atoms. The first kappa shape index (κ1) is 18.4. The molecule has 6 nitrogen and oxygen atoms in total. The number of aromatic nitrogens is 4. The summed E-state index contributed by atoms with van der Waals surface area (Å²) in [6.07, 6.45) is -0.877. The van der Waals surface area contributed by atoms with Crippen LogP contribution in [0.5, 0.6) is 0 Å². The number of benzene rings is 1. The standard InChI is InChI=1S/C19H19F3N6/c1-27-12-14(11-24-27)18-25-16(10-17(26-18)28-8-6-23-7-9-28)13-2-4-15(5-3-13)19(20,21)22/h2-5,10-12,23H,6-9H2,1H3. The lowest BCUT2D eigenvalue weighted by atomic mass is 10.1. The molecule has 0 radical (unpaired) electrons. The second kappa shape index (κ2) is 7.23. The molecule has 1 aliphatic rings. The minimum absolute atomic E-state index is 0.499. The van der Waals surface area contributed by atoms with Gasteiger partial charge in [-0.3, -0.25) is 4.68 Å². The minimum Gasteiger partial charge on any atom is -0.354 e. The van der Waals surface area contributed by atoms with E-state index >= 15 is 0 Å². The molecule has 4 rings (SSSR count). The van der Waals surface area contributed by atoms with E-state index in [1.807, 2.05) is 12.3 Å². The molecule has 2 aromatic heterocycles. The van der Waals surface area contributed by atoms with Crippen molar-refractivity contribution in [2.45, 2.75) is 6.18 Å². The van der Waals surface area contributed by atoms with Crippen molar-refractivity contribution in [1.29, 1.82) is 0 Å². The van der Waals surface area contributed by atoms with Crippen molar-refractivity contribution in [3.8, 4) is 22.6 Å². The monoisotopic (exact) mass is 388 g/mol. The number of aryl methyl sites for hydroxylation is 1. The summed E-state index contributed by atoms with van der Waals surface area (Å²) >= 11 is 0.